The van der Waals surface area contributed by atoms with Crippen molar-refractivity contribution in [3.05, 3.63) is 41.6 Å². The fourth-order valence-electron chi connectivity index (χ4n) is 3.04. The second-order valence-corrected chi connectivity index (χ2v) is 5.99. The maximum absolute atomic E-state index is 12.4. The Labute approximate surface area is 152 Å². The number of ether oxygens (including phenoxy) is 1. The van der Waals surface area contributed by atoms with Gasteiger partial charge in [-0.1, -0.05) is 0 Å². The second kappa shape index (κ2) is 5.80. The molecule has 2 amide bonds. The number of hydrogen-bond donors (Lipinski definition) is 4. The molecule has 0 saturated heterocycles. The number of nitrogens with one attached hydrogen (secondary N) is 4. The van der Waals surface area contributed by atoms with Crippen LogP contribution in [0.25, 0.3) is 23.0 Å². The highest BCUT2D eigenvalue weighted by atomic mass is 16.5. The summed E-state index contributed by atoms with van der Waals surface area (Å²) in [6, 6.07) is 1.65. The summed E-state index contributed by atoms with van der Waals surface area (Å²) >= 11 is 0. The van der Waals surface area contributed by atoms with Crippen LogP contribution in [0, 0.1) is 0 Å². The molecule has 0 fully saturated rings. The predicted octanol–water partition coefficient (Wildman–Crippen LogP) is 0.810. The number of anilines is 1. The van der Waals surface area contributed by atoms with Crippen LogP contribution in [0.5, 0.6) is 5.88 Å². The van der Waals surface area contributed by atoms with E-state index in [0.717, 1.165) is 0 Å². The lowest BCUT2D eigenvalue weighted by Crippen LogP contribution is -2.28. The highest BCUT2D eigenvalue weighted by Gasteiger charge is 2.28. The average molecular weight is 363 g/mol. The van der Waals surface area contributed by atoms with Crippen molar-refractivity contribution in [2.24, 2.45) is 0 Å². The van der Waals surface area contributed by atoms with Crippen molar-refractivity contribution < 1.29 is 14.3 Å². The summed E-state index contributed by atoms with van der Waals surface area (Å²) in [5.74, 6) is 0.197. The van der Waals surface area contributed by atoms with Gasteiger partial charge in [0.2, 0.25) is 5.88 Å². The van der Waals surface area contributed by atoms with Gasteiger partial charge in [-0.2, -0.15) is 5.10 Å². The van der Waals surface area contributed by atoms with Gasteiger partial charge < -0.3 is 20.4 Å². The molecule has 0 atom stereocenters. The van der Waals surface area contributed by atoms with Crippen molar-refractivity contribution in [3.8, 4) is 17.3 Å². The Morgan fingerprint density at radius 3 is 2.96 bits per heavy atom. The molecule has 2 bridgehead atoms. The zero-order chi connectivity index (χ0) is 18.4. The maximum atomic E-state index is 12.4. The van der Waals surface area contributed by atoms with E-state index in [-0.39, 0.29) is 18.4 Å². The van der Waals surface area contributed by atoms with Crippen LogP contribution in [0.4, 0.5) is 5.69 Å². The van der Waals surface area contributed by atoms with Crippen LogP contribution in [-0.4, -0.2) is 50.1 Å². The van der Waals surface area contributed by atoms with E-state index in [2.05, 4.69) is 35.8 Å². The minimum absolute atomic E-state index is 0.243. The van der Waals surface area contributed by atoms with E-state index in [9.17, 15) is 9.59 Å². The molecule has 0 saturated carbocycles. The SMILES string of the molecule is O=C1Nc2cnc3nc2/C1=C/c1[nH]ccc1C(=O)NCCOc1[nH]ncc1-3. The predicted molar refractivity (Wildman–Crippen MR) is 94.7 cm³/mol. The van der Waals surface area contributed by atoms with Gasteiger partial charge in [-0.25, -0.2) is 15.1 Å². The zero-order valence-electron chi connectivity index (χ0n) is 13.9. The lowest BCUT2D eigenvalue weighted by molar-refractivity contribution is -0.110. The maximum Gasteiger partial charge on any atom is 0.258 e. The molecule has 0 unspecified atom stereocenters. The van der Waals surface area contributed by atoms with Crippen molar-refractivity contribution in [2.75, 3.05) is 18.5 Å². The van der Waals surface area contributed by atoms with Gasteiger partial charge in [0.15, 0.2) is 5.82 Å². The van der Waals surface area contributed by atoms with Crippen LogP contribution in [0.15, 0.2) is 24.7 Å². The zero-order valence-corrected chi connectivity index (χ0v) is 13.9. The fourth-order valence-corrected chi connectivity index (χ4v) is 3.04. The third kappa shape index (κ3) is 2.46. The third-order valence-corrected chi connectivity index (χ3v) is 4.33. The summed E-state index contributed by atoms with van der Waals surface area (Å²) in [6.07, 6.45) is 6.36. The molecule has 2 aliphatic rings. The van der Waals surface area contributed by atoms with Gasteiger partial charge in [0.1, 0.15) is 17.9 Å². The van der Waals surface area contributed by atoms with Gasteiger partial charge >= 0.3 is 0 Å². The summed E-state index contributed by atoms with van der Waals surface area (Å²) in [5.41, 5.74) is 2.82. The average Bonchev–Trinajstić information content (AvgIpc) is 3.38. The standard InChI is InChI=1S/C17H13N7O3/c25-15-8-1-2-18-11(8)5-9-13-12(22-16(9)26)7-20-14(23-13)10-6-21-24-17(10)27-4-3-19-15/h1-2,5-7,18H,3-4H2,(H,19,25)(H,21,24)(H,22,26)/b9-5-. The smallest absolute Gasteiger partial charge is 0.258 e. The highest BCUT2D eigenvalue weighted by Crippen LogP contribution is 2.34. The van der Waals surface area contributed by atoms with Crippen molar-refractivity contribution >= 4 is 29.2 Å². The molecule has 0 spiro atoms. The number of fused-ring (bicyclic) bond motifs is 4. The largest absolute Gasteiger partial charge is 0.476 e. The first kappa shape index (κ1) is 15.3. The summed E-state index contributed by atoms with van der Waals surface area (Å²) in [5, 5.41) is 12.3. The quantitative estimate of drug-likeness (QED) is 0.466. The summed E-state index contributed by atoms with van der Waals surface area (Å²) < 4.78 is 5.66. The molecule has 3 aromatic heterocycles. The molecular weight excluding hydrogens is 350 g/mol. The topological polar surface area (TPSA) is 138 Å². The number of aromatic amines is 2. The Hall–Kier alpha value is -3.95. The number of hydrogen-bond acceptors (Lipinski definition) is 6. The van der Waals surface area contributed by atoms with Crippen LogP contribution in [-0.2, 0) is 4.79 Å². The Kier molecular flexibility index (Phi) is 3.29. The lowest BCUT2D eigenvalue weighted by atomic mass is 10.1. The van der Waals surface area contributed by atoms with Gasteiger partial charge in [0.05, 0.1) is 41.5 Å². The van der Waals surface area contributed by atoms with Gasteiger partial charge in [-0.15, -0.1) is 0 Å². The molecule has 4 N–H and O–H groups in total. The third-order valence-electron chi connectivity index (χ3n) is 4.33. The number of amides is 2. The van der Waals surface area contributed by atoms with Crippen LogP contribution in [0.1, 0.15) is 21.7 Å². The van der Waals surface area contributed by atoms with Crippen molar-refractivity contribution in [1.82, 2.24) is 30.5 Å². The Balaban J connectivity index is 1.71. The van der Waals surface area contributed by atoms with E-state index in [4.69, 9.17) is 4.74 Å². The Bertz CT molecular complexity index is 1110. The monoisotopic (exact) mass is 363 g/mol. The number of carbonyl (C=O) groups is 2. The molecule has 27 heavy (non-hydrogen) atoms. The van der Waals surface area contributed by atoms with E-state index in [1.54, 1.807) is 30.7 Å². The first-order valence-electron chi connectivity index (χ1n) is 8.23. The van der Waals surface area contributed by atoms with E-state index >= 15 is 0 Å². The molecule has 0 aromatic carbocycles. The van der Waals surface area contributed by atoms with E-state index in [1.807, 2.05) is 0 Å². The lowest BCUT2D eigenvalue weighted by Gasteiger charge is -2.09. The fraction of sp³-hybridized carbons (Fsp3) is 0.118. The van der Waals surface area contributed by atoms with Gasteiger partial charge in [0.25, 0.3) is 11.8 Å². The van der Waals surface area contributed by atoms with Crippen LogP contribution in [0.2, 0.25) is 0 Å². The molecule has 3 aromatic rings. The van der Waals surface area contributed by atoms with Gasteiger partial charge in [-0.3, -0.25) is 9.59 Å². The molecule has 5 heterocycles. The molecule has 2 aliphatic heterocycles. The summed E-state index contributed by atoms with van der Waals surface area (Å²) in [4.78, 5) is 36.7. The van der Waals surface area contributed by atoms with E-state index in [0.29, 0.717) is 52.0 Å². The van der Waals surface area contributed by atoms with E-state index in [1.165, 1.54) is 0 Å². The molecule has 5 rings (SSSR count). The molecule has 0 radical (unpaired) electrons. The minimum Gasteiger partial charge on any atom is -0.476 e. The van der Waals surface area contributed by atoms with Crippen molar-refractivity contribution in [2.45, 2.75) is 0 Å². The molecule has 10 nitrogen and oxygen atoms in total. The van der Waals surface area contributed by atoms with Crippen LogP contribution < -0.4 is 15.4 Å². The molecule has 0 aliphatic carbocycles. The van der Waals surface area contributed by atoms with Gasteiger partial charge in [-0.05, 0) is 12.1 Å². The van der Waals surface area contributed by atoms with Crippen LogP contribution in [0.3, 0.4) is 0 Å². The first-order valence-corrected chi connectivity index (χ1v) is 8.23. The Morgan fingerprint density at radius 1 is 1.11 bits per heavy atom. The first-order chi connectivity index (χ1) is 13.2. The van der Waals surface area contributed by atoms with E-state index < -0.39 is 0 Å². The number of nitrogens with zero attached hydrogens (tertiary/aromatic N) is 3. The number of H-pyrrole nitrogens is 2. The number of carbonyl (C=O) groups excluding carboxylic acids is 2. The molecular formula is C17H13N7O3. The van der Waals surface area contributed by atoms with Crippen molar-refractivity contribution in [3.63, 3.8) is 0 Å². The number of aromatic nitrogens is 5. The minimum atomic E-state index is -0.312. The molecule has 10 heteroatoms. The van der Waals surface area contributed by atoms with Crippen LogP contribution >= 0.6 is 0 Å². The highest BCUT2D eigenvalue weighted by molar-refractivity contribution is 6.34. The number of rotatable bonds is 0. The summed E-state index contributed by atoms with van der Waals surface area (Å²) in [6.45, 7) is 0.538. The molecule has 134 valence electrons. The summed E-state index contributed by atoms with van der Waals surface area (Å²) in [7, 11) is 0. The second-order valence-electron chi connectivity index (χ2n) is 5.99. The normalized spacial score (nSPS) is 17.6. The van der Waals surface area contributed by atoms with Crippen molar-refractivity contribution in [1.29, 1.82) is 0 Å². The Morgan fingerprint density at radius 2 is 2.04 bits per heavy atom. The van der Waals surface area contributed by atoms with Gasteiger partial charge in [0, 0.05) is 6.20 Å².